The van der Waals surface area contributed by atoms with Crippen molar-refractivity contribution in [2.75, 3.05) is 0 Å². The highest BCUT2D eigenvalue weighted by Gasteiger charge is 2.08. The lowest BCUT2D eigenvalue weighted by Crippen LogP contribution is -1.84. The monoisotopic (exact) mass is 223 g/mol. The van der Waals surface area contributed by atoms with Gasteiger partial charge in [-0.25, -0.2) is 4.98 Å². The molecule has 0 amide bonds. The zero-order chi connectivity index (χ0) is 10.8. The molecule has 0 saturated heterocycles. The summed E-state index contributed by atoms with van der Waals surface area (Å²) in [5.74, 6) is 1.11. The Balaban J connectivity index is 2.40. The van der Waals surface area contributed by atoms with E-state index in [1.807, 2.05) is 19.9 Å². The first-order valence-electron chi connectivity index (χ1n) is 4.65. The van der Waals surface area contributed by atoms with E-state index in [0.29, 0.717) is 16.9 Å². The predicted molar refractivity (Wildman–Crippen MR) is 56.7 cm³/mol. The van der Waals surface area contributed by atoms with E-state index in [-0.39, 0.29) is 0 Å². The van der Waals surface area contributed by atoms with Gasteiger partial charge in [-0.3, -0.25) is 0 Å². The van der Waals surface area contributed by atoms with E-state index in [0.717, 1.165) is 17.5 Å². The molecule has 2 rings (SSSR count). The highest BCUT2D eigenvalue weighted by Crippen LogP contribution is 2.21. The predicted octanol–water partition coefficient (Wildman–Crippen LogP) is 2.66. The molecule has 0 aliphatic heterocycles. The van der Waals surface area contributed by atoms with Gasteiger partial charge < -0.3 is 4.42 Å². The summed E-state index contributed by atoms with van der Waals surface area (Å²) in [4.78, 5) is 4.03. The SMILES string of the molecule is CCc1nnc(-c2cnc(Cl)c(C)c2)o1. The summed E-state index contributed by atoms with van der Waals surface area (Å²) in [5.41, 5.74) is 1.69. The van der Waals surface area contributed by atoms with Gasteiger partial charge in [-0.1, -0.05) is 18.5 Å². The van der Waals surface area contributed by atoms with E-state index in [1.165, 1.54) is 0 Å². The lowest BCUT2D eigenvalue weighted by atomic mass is 10.2. The first-order valence-corrected chi connectivity index (χ1v) is 5.03. The lowest BCUT2D eigenvalue weighted by molar-refractivity contribution is 0.512. The second-order valence-corrected chi connectivity index (χ2v) is 3.54. The Morgan fingerprint density at radius 1 is 1.40 bits per heavy atom. The van der Waals surface area contributed by atoms with Crippen LogP contribution in [-0.4, -0.2) is 15.2 Å². The fourth-order valence-corrected chi connectivity index (χ4v) is 1.29. The molecule has 0 aliphatic carbocycles. The minimum atomic E-state index is 0.485. The quantitative estimate of drug-likeness (QED) is 0.735. The number of rotatable bonds is 2. The van der Waals surface area contributed by atoms with Gasteiger partial charge in [0.15, 0.2) is 0 Å². The Bertz CT molecular complexity index is 481. The van der Waals surface area contributed by atoms with Crippen LogP contribution >= 0.6 is 11.6 Å². The van der Waals surface area contributed by atoms with Crippen LogP contribution in [0.3, 0.4) is 0 Å². The summed E-state index contributed by atoms with van der Waals surface area (Å²) in [6, 6.07) is 1.88. The summed E-state index contributed by atoms with van der Waals surface area (Å²) < 4.78 is 5.41. The Kier molecular flexibility index (Phi) is 2.68. The maximum atomic E-state index is 5.82. The van der Waals surface area contributed by atoms with Crippen LogP contribution in [0, 0.1) is 6.92 Å². The van der Waals surface area contributed by atoms with Crippen LogP contribution < -0.4 is 0 Å². The summed E-state index contributed by atoms with van der Waals surface area (Å²) in [5, 5.41) is 8.31. The van der Waals surface area contributed by atoms with Crippen molar-refractivity contribution in [3.05, 3.63) is 28.9 Å². The lowest BCUT2D eigenvalue weighted by Gasteiger charge is -1.98. The molecule has 0 aliphatic rings. The molecule has 0 spiro atoms. The van der Waals surface area contributed by atoms with Gasteiger partial charge >= 0.3 is 0 Å². The Hall–Kier alpha value is -1.42. The van der Waals surface area contributed by atoms with Crippen molar-refractivity contribution in [1.29, 1.82) is 0 Å². The van der Waals surface area contributed by atoms with Crippen LogP contribution in [0.5, 0.6) is 0 Å². The molecule has 78 valence electrons. The molecule has 0 aromatic carbocycles. The third kappa shape index (κ3) is 1.99. The fraction of sp³-hybridized carbons (Fsp3) is 0.300. The molecule has 4 nitrogen and oxygen atoms in total. The van der Waals surface area contributed by atoms with Crippen LogP contribution in [0.25, 0.3) is 11.5 Å². The van der Waals surface area contributed by atoms with Crippen LogP contribution in [0.2, 0.25) is 5.15 Å². The van der Waals surface area contributed by atoms with Crippen LogP contribution in [0.4, 0.5) is 0 Å². The second-order valence-electron chi connectivity index (χ2n) is 3.19. The Labute approximate surface area is 92.3 Å². The zero-order valence-corrected chi connectivity index (χ0v) is 9.25. The number of halogens is 1. The summed E-state index contributed by atoms with van der Waals surface area (Å²) in [7, 11) is 0. The smallest absolute Gasteiger partial charge is 0.249 e. The first kappa shape index (κ1) is 10.1. The van der Waals surface area contributed by atoms with Crippen molar-refractivity contribution in [2.24, 2.45) is 0 Å². The van der Waals surface area contributed by atoms with Gasteiger partial charge in [-0.2, -0.15) is 0 Å². The van der Waals surface area contributed by atoms with Crippen LogP contribution in [0.15, 0.2) is 16.7 Å². The van der Waals surface area contributed by atoms with E-state index in [2.05, 4.69) is 15.2 Å². The molecule has 0 bridgehead atoms. The maximum Gasteiger partial charge on any atom is 0.249 e. The normalized spacial score (nSPS) is 10.6. The Morgan fingerprint density at radius 2 is 2.20 bits per heavy atom. The topological polar surface area (TPSA) is 51.8 Å². The van der Waals surface area contributed by atoms with Gasteiger partial charge in [-0.05, 0) is 18.6 Å². The number of aromatic nitrogens is 3. The van der Waals surface area contributed by atoms with Crippen molar-refractivity contribution in [3.63, 3.8) is 0 Å². The molecule has 2 heterocycles. The minimum absolute atomic E-state index is 0.485. The molecule has 5 heteroatoms. The van der Waals surface area contributed by atoms with E-state index < -0.39 is 0 Å². The molecule has 0 radical (unpaired) electrons. The molecule has 2 aromatic rings. The van der Waals surface area contributed by atoms with Crippen LogP contribution in [-0.2, 0) is 6.42 Å². The largest absolute Gasteiger partial charge is 0.421 e. The highest BCUT2D eigenvalue weighted by molar-refractivity contribution is 6.30. The van der Waals surface area contributed by atoms with Gasteiger partial charge in [0.25, 0.3) is 0 Å². The van der Waals surface area contributed by atoms with Crippen molar-refractivity contribution in [2.45, 2.75) is 20.3 Å². The van der Waals surface area contributed by atoms with E-state index in [1.54, 1.807) is 6.20 Å². The third-order valence-corrected chi connectivity index (χ3v) is 2.43. The number of aryl methyl sites for hydroxylation is 2. The van der Waals surface area contributed by atoms with Gasteiger partial charge in [0.1, 0.15) is 5.15 Å². The summed E-state index contributed by atoms with van der Waals surface area (Å²) in [6.07, 6.45) is 2.36. The van der Waals surface area contributed by atoms with Crippen molar-refractivity contribution >= 4 is 11.6 Å². The van der Waals surface area contributed by atoms with Crippen molar-refractivity contribution < 1.29 is 4.42 Å². The Morgan fingerprint density at radius 3 is 2.80 bits per heavy atom. The molecule has 15 heavy (non-hydrogen) atoms. The van der Waals surface area contributed by atoms with Crippen LogP contribution in [0.1, 0.15) is 18.4 Å². The van der Waals surface area contributed by atoms with E-state index in [4.69, 9.17) is 16.0 Å². The fourth-order valence-electron chi connectivity index (χ4n) is 1.19. The van der Waals surface area contributed by atoms with E-state index in [9.17, 15) is 0 Å². The second kappa shape index (κ2) is 3.98. The molecule has 0 unspecified atom stereocenters. The summed E-state index contributed by atoms with van der Waals surface area (Å²) in [6.45, 7) is 3.85. The average Bonchev–Trinajstić information content (AvgIpc) is 2.70. The number of hydrogen-bond acceptors (Lipinski definition) is 4. The maximum absolute atomic E-state index is 5.82. The molecule has 0 saturated carbocycles. The highest BCUT2D eigenvalue weighted by atomic mass is 35.5. The van der Waals surface area contributed by atoms with Crippen molar-refractivity contribution in [3.8, 4) is 11.5 Å². The molecule has 2 aromatic heterocycles. The molecule has 0 N–H and O–H groups in total. The van der Waals surface area contributed by atoms with Gasteiger partial charge in [0.05, 0.1) is 5.56 Å². The standard InChI is InChI=1S/C10H10ClN3O/c1-3-8-13-14-10(15-8)7-4-6(2)9(11)12-5-7/h4-5H,3H2,1-2H3. The average molecular weight is 224 g/mol. The van der Waals surface area contributed by atoms with Gasteiger partial charge in [0.2, 0.25) is 11.8 Å². The minimum Gasteiger partial charge on any atom is -0.421 e. The molecule has 0 fully saturated rings. The summed E-state index contributed by atoms with van der Waals surface area (Å²) >= 11 is 5.82. The molecular formula is C10H10ClN3O. The zero-order valence-electron chi connectivity index (χ0n) is 8.49. The first-order chi connectivity index (χ1) is 7.20. The van der Waals surface area contributed by atoms with E-state index >= 15 is 0 Å². The van der Waals surface area contributed by atoms with Gasteiger partial charge in [0, 0.05) is 12.6 Å². The number of nitrogens with zero attached hydrogens (tertiary/aromatic N) is 3. The van der Waals surface area contributed by atoms with Crippen molar-refractivity contribution in [1.82, 2.24) is 15.2 Å². The number of hydrogen-bond donors (Lipinski definition) is 0. The number of pyridine rings is 1. The third-order valence-electron chi connectivity index (χ3n) is 2.03. The molecular weight excluding hydrogens is 214 g/mol. The van der Waals surface area contributed by atoms with Gasteiger partial charge in [-0.15, -0.1) is 10.2 Å². The molecule has 0 atom stereocenters.